The van der Waals surface area contributed by atoms with Gasteiger partial charge in [-0.05, 0) is 18.9 Å². The quantitative estimate of drug-likeness (QED) is 0.619. The zero-order valence-corrected chi connectivity index (χ0v) is 9.64. The maximum absolute atomic E-state index is 11.2. The first kappa shape index (κ1) is 12.5. The topological polar surface area (TPSA) is 52.3 Å². The number of rotatable bonds is 4. The number of hydrogen-bond acceptors (Lipinski definition) is 3. The van der Waals surface area contributed by atoms with Crippen LogP contribution in [0.4, 0.5) is 0 Å². The van der Waals surface area contributed by atoms with Crippen LogP contribution in [0.15, 0.2) is 42.0 Å². The summed E-state index contributed by atoms with van der Waals surface area (Å²) in [5.41, 5.74) is 7.62. The first-order valence-corrected chi connectivity index (χ1v) is 5.19. The van der Waals surface area contributed by atoms with E-state index in [-0.39, 0.29) is 12.0 Å². The van der Waals surface area contributed by atoms with Crippen LogP contribution in [0, 0.1) is 0 Å². The highest BCUT2D eigenvalue weighted by atomic mass is 16.5. The van der Waals surface area contributed by atoms with E-state index in [1.165, 1.54) is 7.11 Å². The van der Waals surface area contributed by atoms with Gasteiger partial charge in [-0.25, -0.2) is 4.79 Å². The second kappa shape index (κ2) is 6.08. The van der Waals surface area contributed by atoms with Crippen LogP contribution in [-0.4, -0.2) is 19.1 Å². The van der Waals surface area contributed by atoms with Crippen molar-refractivity contribution in [1.82, 2.24) is 0 Å². The molecule has 1 aromatic carbocycles. The van der Waals surface area contributed by atoms with Crippen LogP contribution in [0.2, 0.25) is 0 Å². The minimum atomic E-state index is -0.330. The van der Waals surface area contributed by atoms with E-state index in [9.17, 15) is 4.79 Å². The summed E-state index contributed by atoms with van der Waals surface area (Å²) < 4.78 is 4.60. The SMILES string of the molecule is COC(=O)/C(C)=C/[C@@H](N)Cc1ccccc1. The predicted octanol–water partition coefficient (Wildman–Crippen LogP) is 1.68. The molecule has 0 amide bonds. The molecule has 0 spiro atoms. The third-order valence-corrected chi connectivity index (χ3v) is 2.29. The normalized spacial score (nSPS) is 13.3. The van der Waals surface area contributed by atoms with Gasteiger partial charge in [0.25, 0.3) is 0 Å². The largest absolute Gasteiger partial charge is 0.466 e. The molecule has 86 valence electrons. The second-order valence-corrected chi connectivity index (χ2v) is 3.69. The monoisotopic (exact) mass is 219 g/mol. The van der Waals surface area contributed by atoms with Crippen LogP contribution in [0.1, 0.15) is 12.5 Å². The molecular weight excluding hydrogens is 202 g/mol. The van der Waals surface area contributed by atoms with Gasteiger partial charge in [-0.2, -0.15) is 0 Å². The lowest BCUT2D eigenvalue weighted by atomic mass is 10.0. The minimum absolute atomic E-state index is 0.165. The van der Waals surface area contributed by atoms with Crippen LogP contribution in [0.25, 0.3) is 0 Å². The van der Waals surface area contributed by atoms with Gasteiger partial charge < -0.3 is 10.5 Å². The number of ether oxygens (including phenoxy) is 1. The van der Waals surface area contributed by atoms with Crippen molar-refractivity contribution in [3.63, 3.8) is 0 Å². The summed E-state index contributed by atoms with van der Waals surface area (Å²) in [6, 6.07) is 9.77. The van der Waals surface area contributed by atoms with Gasteiger partial charge in [-0.15, -0.1) is 0 Å². The molecule has 16 heavy (non-hydrogen) atoms. The average molecular weight is 219 g/mol. The van der Waals surface area contributed by atoms with Gasteiger partial charge in [0.05, 0.1) is 7.11 Å². The fourth-order valence-electron chi connectivity index (χ4n) is 1.50. The second-order valence-electron chi connectivity index (χ2n) is 3.69. The smallest absolute Gasteiger partial charge is 0.333 e. The zero-order chi connectivity index (χ0) is 12.0. The molecule has 0 saturated carbocycles. The van der Waals surface area contributed by atoms with Crippen molar-refractivity contribution in [3.8, 4) is 0 Å². The fourth-order valence-corrected chi connectivity index (χ4v) is 1.50. The molecule has 0 bridgehead atoms. The lowest BCUT2D eigenvalue weighted by Gasteiger charge is -2.08. The van der Waals surface area contributed by atoms with Crippen molar-refractivity contribution in [2.24, 2.45) is 5.73 Å². The molecule has 3 nitrogen and oxygen atoms in total. The van der Waals surface area contributed by atoms with Crippen molar-refractivity contribution < 1.29 is 9.53 Å². The molecule has 0 aliphatic rings. The van der Waals surface area contributed by atoms with Crippen LogP contribution in [-0.2, 0) is 16.0 Å². The number of nitrogens with two attached hydrogens (primary N) is 1. The molecular formula is C13H17NO2. The maximum Gasteiger partial charge on any atom is 0.333 e. The Morgan fingerprint density at radius 2 is 2.06 bits per heavy atom. The van der Waals surface area contributed by atoms with E-state index in [0.717, 1.165) is 12.0 Å². The Hall–Kier alpha value is -1.61. The molecule has 0 aliphatic carbocycles. The number of carbonyl (C=O) groups excluding carboxylic acids is 1. The van der Waals surface area contributed by atoms with Crippen molar-refractivity contribution in [2.75, 3.05) is 7.11 Å². The van der Waals surface area contributed by atoms with Gasteiger partial charge in [-0.1, -0.05) is 36.4 Å². The van der Waals surface area contributed by atoms with E-state index >= 15 is 0 Å². The van der Waals surface area contributed by atoms with Crippen LogP contribution >= 0.6 is 0 Å². The number of methoxy groups -OCH3 is 1. The molecule has 0 saturated heterocycles. The van der Waals surface area contributed by atoms with E-state index in [1.54, 1.807) is 13.0 Å². The van der Waals surface area contributed by atoms with Crippen LogP contribution in [0.3, 0.4) is 0 Å². The molecule has 0 unspecified atom stereocenters. The van der Waals surface area contributed by atoms with E-state index in [2.05, 4.69) is 4.74 Å². The number of benzene rings is 1. The Kier molecular flexibility index (Phi) is 4.73. The summed E-state index contributed by atoms with van der Waals surface area (Å²) in [5, 5.41) is 0. The van der Waals surface area contributed by atoms with Gasteiger partial charge in [0, 0.05) is 11.6 Å². The van der Waals surface area contributed by atoms with Gasteiger partial charge in [0.15, 0.2) is 0 Å². The van der Waals surface area contributed by atoms with E-state index in [4.69, 9.17) is 5.73 Å². The van der Waals surface area contributed by atoms with E-state index in [0.29, 0.717) is 5.57 Å². The summed E-state index contributed by atoms with van der Waals surface area (Å²) in [4.78, 5) is 11.2. The Bertz CT molecular complexity index is 371. The molecule has 2 N–H and O–H groups in total. The molecule has 0 fully saturated rings. The highest BCUT2D eigenvalue weighted by Crippen LogP contribution is 2.05. The van der Waals surface area contributed by atoms with Crippen molar-refractivity contribution >= 4 is 5.97 Å². The zero-order valence-electron chi connectivity index (χ0n) is 9.64. The molecule has 0 heterocycles. The Morgan fingerprint density at radius 3 is 2.62 bits per heavy atom. The summed E-state index contributed by atoms with van der Waals surface area (Å²) in [6.45, 7) is 1.71. The molecule has 3 heteroatoms. The van der Waals surface area contributed by atoms with Crippen molar-refractivity contribution in [2.45, 2.75) is 19.4 Å². The van der Waals surface area contributed by atoms with Gasteiger partial charge in [0.1, 0.15) is 0 Å². The van der Waals surface area contributed by atoms with Crippen molar-refractivity contribution in [3.05, 3.63) is 47.5 Å². The molecule has 1 atom stereocenters. The highest BCUT2D eigenvalue weighted by Gasteiger charge is 2.06. The number of carbonyl (C=O) groups is 1. The summed E-state index contributed by atoms with van der Waals surface area (Å²) in [6.07, 6.45) is 2.45. The third-order valence-electron chi connectivity index (χ3n) is 2.29. The summed E-state index contributed by atoms with van der Waals surface area (Å²) in [5.74, 6) is -0.330. The Morgan fingerprint density at radius 1 is 1.44 bits per heavy atom. The van der Waals surface area contributed by atoms with Crippen molar-refractivity contribution in [1.29, 1.82) is 0 Å². The molecule has 0 aromatic heterocycles. The fraction of sp³-hybridized carbons (Fsp3) is 0.308. The molecule has 1 rings (SSSR count). The lowest BCUT2D eigenvalue weighted by molar-refractivity contribution is -0.136. The average Bonchev–Trinajstić information content (AvgIpc) is 2.29. The van der Waals surface area contributed by atoms with Crippen LogP contribution in [0.5, 0.6) is 0 Å². The number of esters is 1. The van der Waals surface area contributed by atoms with Gasteiger partial charge in [0.2, 0.25) is 0 Å². The first-order valence-electron chi connectivity index (χ1n) is 5.19. The number of hydrogen-bond donors (Lipinski definition) is 1. The maximum atomic E-state index is 11.2. The molecule has 0 aliphatic heterocycles. The third kappa shape index (κ3) is 3.87. The summed E-state index contributed by atoms with van der Waals surface area (Å²) in [7, 11) is 1.36. The summed E-state index contributed by atoms with van der Waals surface area (Å²) >= 11 is 0. The lowest BCUT2D eigenvalue weighted by Crippen LogP contribution is -2.21. The Labute approximate surface area is 95.9 Å². The van der Waals surface area contributed by atoms with E-state index < -0.39 is 0 Å². The van der Waals surface area contributed by atoms with Gasteiger partial charge >= 0.3 is 5.97 Å². The van der Waals surface area contributed by atoms with E-state index in [1.807, 2.05) is 30.3 Å². The van der Waals surface area contributed by atoms with Crippen LogP contribution < -0.4 is 5.73 Å². The predicted molar refractivity (Wildman–Crippen MR) is 63.9 cm³/mol. The van der Waals surface area contributed by atoms with Gasteiger partial charge in [-0.3, -0.25) is 0 Å². The standard InChI is InChI=1S/C13H17NO2/c1-10(13(15)16-2)8-12(14)9-11-6-4-3-5-7-11/h3-8,12H,9,14H2,1-2H3/b10-8+/t12-/m1/s1. The first-order chi connectivity index (χ1) is 7.63. The Balaban J connectivity index is 2.60. The molecule has 1 aromatic rings. The minimum Gasteiger partial charge on any atom is -0.466 e. The highest BCUT2D eigenvalue weighted by molar-refractivity contribution is 5.87. The molecule has 0 radical (unpaired) electrons.